The van der Waals surface area contributed by atoms with Crippen LogP contribution in [0.3, 0.4) is 0 Å². The predicted molar refractivity (Wildman–Crippen MR) is 93.5 cm³/mol. The fraction of sp³-hybridized carbons (Fsp3) is 0.667. The van der Waals surface area contributed by atoms with E-state index >= 15 is 0 Å². The van der Waals surface area contributed by atoms with Crippen LogP contribution in [0.5, 0.6) is 0 Å². The summed E-state index contributed by atoms with van der Waals surface area (Å²) in [5.74, 6) is 0.264. The van der Waals surface area contributed by atoms with Crippen LogP contribution < -0.4 is 5.32 Å². The molecule has 136 valence electrons. The smallest absolute Gasteiger partial charge is 0.264 e. The maximum absolute atomic E-state index is 12.8. The highest BCUT2D eigenvalue weighted by Gasteiger charge is 2.50. The van der Waals surface area contributed by atoms with E-state index in [1.807, 2.05) is 22.4 Å². The maximum Gasteiger partial charge on any atom is 0.264 e. The summed E-state index contributed by atoms with van der Waals surface area (Å²) in [6, 6.07) is 3.75. The number of carbonyl (C=O) groups is 2. The van der Waals surface area contributed by atoms with Gasteiger partial charge in [0.15, 0.2) is 0 Å². The molecule has 25 heavy (non-hydrogen) atoms. The summed E-state index contributed by atoms with van der Waals surface area (Å²) in [5.41, 5.74) is 0. The van der Waals surface area contributed by atoms with Gasteiger partial charge >= 0.3 is 0 Å². The summed E-state index contributed by atoms with van der Waals surface area (Å²) in [5, 5.41) is 5.00. The molecule has 3 aliphatic rings. The highest BCUT2D eigenvalue weighted by molar-refractivity contribution is 7.12. The third kappa shape index (κ3) is 3.45. The van der Waals surface area contributed by atoms with Crippen molar-refractivity contribution in [2.45, 2.75) is 31.4 Å². The number of nitrogens with zero attached hydrogens (tertiary/aromatic N) is 1. The molecule has 3 atom stereocenters. The number of carbonyl (C=O) groups excluding carboxylic acids is 2. The second-order valence-corrected chi connectivity index (χ2v) is 7.98. The number of thiophene rings is 1. The second kappa shape index (κ2) is 7.43. The van der Waals surface area contributed by atoms with Crippen molar-refractivity contribution in [1.29, 1.82) is 0 Å². The number of nitrogens with one attached hydrogen (secondary N) is 1. The number of hydrogen-bond acceptors (Lipinski definition) is 5. The molecule has 0 unspecified atom stereocenters. The minimum absolute atomic E-state index is 0.0184. The quantitative estimate of drug-likeness (QED) is 0.880. The molecule has 0 radical (unpaired) electrons. The fourth-order valence-corrected chi connectivity index (χ4v) is 4.78. The van der Waals surface area contributed by atoms with E-state index in [1.54, 1.807) is 0 Å². The van der Waals surface area contributed by atoms with Crippen LogP contribution in [0.15, 0.2) is 17.5 Å². The lowest BCUT2D eigenvalue weighted by Gasteiger charge is -2.23. The van der Waals surface area contributed by atoms with E-state index < -0.39 is 0 Å². The Morgan fingerprint density at radius 2 is 2.08 bits per heavy atom. The average molecular weight is 364 g/mol. The summed E-state index contributed by atoms with van der Waals surface area (Å²) in [4.78, 5) is 28.1. The lowest BCUT2D eigenvalue weighted by molar-refractivity contribution is -0.128. The fourth-order valence-electron chi connectivity index (χ4n) is 4.10. The molecule has 1 aromatic heterocycles. The predicted octanol–water partition coefficient (Wildman–Crippen LogP) is 1.52. The van der Waals surface area contributed by atoms with E-state index in [9.17, 15) is 9.59 Å². The molecule has 0 spiro atoms. The van der Waals surface area contributed by atoms with Gasteiger partial charge in [0, 0.05) is 32.9 Å². The Morgan fingerprint density at radius 3 is 2.84 bits per heavy atom. The summed E-state index contributed by atoms with van der Waals surface area (Å²) in [6.07, 6.45) is 2.64. The zero-order valence-corrected chi connectivity index (χ0v) is 15.0. The van der Waals surface area contributed by atoms with Gasteiger partial charge in [0.05, 0.1) is 22.9 Å². The Hall–Kier alpha value is -1.44. The van der Waals surface area contributed by atoms with E-state index in [2.05, 4.69) is 5.32 Å². The van der Waals surface area contributed by atoms with Crippen molar-refractivity contribution in [3.63, 3.8) is 0 Å². The first-order valence-corrected chi connectivity index (χ1v) is 9.93. The van der Waals surface area contributed by atoms with Crippen LogP contribution in [-0.4, -0.2) is 61.8 Å². The minimum atomic E-state index is -0.267. The highest BCUT2D eigenvalue weighted by atomic mass is 32.1. The van der Waals surface area contributed by atoms with E-state index in [0.717, 1.165) is 37.4 Å². The van der Waals surface area contributed by atoms with E-state index in [1.165, 1.54) is 11.3 Å². The number of rotatable bonds is 4. The molecular formula is C18H24N2O4S. The Kier molecular flexibility index (Phi) is 5.05. The lowest BCUT2D eigenvalue weighted by Crippen LogP contribution is -2.40. The summed E-state index contributed by atoms with van der Waals surface area (Å²) in [6.45, 7) is 3.32. The molecule has 3 fully saturated rings. The van der Waals surface area contributed by atoms with Gasteiger partial charge in [-0.15, -0.1) is 11.3 Å². The lowest BCUT2D eigenvalue weighted by atomic mass is 9.98. The van der Waals surface area contributed by atoms with Gasteiger partial charge in [0.1, 0.15) is 0 Å². The molecule has 1 N–H and O–H groups in total. The first-order valence-electron chi connectivity index (χ1n) is 9.05. The van der Waals surface area contributed by atoms with Gasteiger partial charge in [0.2, 0.25) is 5.91 Å². The number of hydrogen-bond donors (Lipinski definition) is 1. The molecule has 3 saturated heterocycles. The number of fused-ring (bicyclic) bond motifs is 1. The van der Waals surface area contributed by atoms with Gasteiger partial charge in [-0.05, 0) is 36.6 Å². The molecule has 1 aromatic rings. The van der Waals surface area contributed by atoms with E-state index in [0.29, 0.717) is 25.6 Å². The molecule has 7 heteroatoms. The Labute approximate surface area is 151 Å². The van der Waals surface area contributed by atoms with Crippen LogP contribution in [0.2, 0.25) is 0 Å². The van der Waals surface area contributed by atoms with Crippen LogP contribution in [0.1, 0.15) is 28.9 Å². The van der Waals surface area contributed by atoms with Crippen molar-refractivity contribution in [2.75, 3.05) is 32.9 Å². The molecule has 4 heterocycles. The monoisotopic (exact) mass is 364 g/mol. The molecule has 0 bridgehead atoms. The molecule has 0 saturated carbocycles. The van der Waals surface area contributed by atoms with Crippen LogP contribution in [-0.2, 0) is 14.3 Å². The first-order chi connectivity index (χ1) is 12.2. The average Bonchev–Trinajstić information content (AvgIpc) is 3.36. The normalized spacial score (nSPS) is 29.6. The van der Waals surface area contributed by atoms with Gasteiger partial charge < -0.3 is 19.7 Å². The summed E-state index contributed by atoms with van der Waals surface area (Å²) in [7, 11) is 0. The van der Waals surface area contributed by atoms with Gasteiger partial charge in [-0.3, -0.25) is 9.59 Å². The Balaban J connectivity index is 1.39. The van der Waals surface area contributed by atoms with Crippen LogP contribution in [0, 0.1) is 11.8 Å². The van der Waals surface area contributed by atoms with Crippen molar-refractivity contribution in [3.8, 4) is 0 Å². The topological polar surface area (TPSA) is 67.9 Å². The highest BCUT2D eigenvalue weighted by Crippen LogP contribution is 2.35. The van der Waals surface area contributed by atoms with Crippen LogP contribution >= 0.6 is 11.3 Å². The van der Waals surface area contributed by atoms with Gasteiger partial charge in [0.25, 0.3) is 5.91 Å². The van der Waals surface area contributed by atoms with Crippen molar-refractivity contribution < 1.29 is 19.1 Å². The van der Waals surface area contributed by atoms with Crippen LogP contribution in [0.25, 0.3) is 0 Å². The maximum atomic E-state index is 12.8. The zero-order chi connectivity index (χ0) is 17.2. The molecule has 2 amide bonds. The van der Waals surface area contributed by atoms with E-state index in [-0.39, 0.29) is 29.9 Å². The number of likely N-dealkylation sites (tertiary alicyclic amines) is 1. The Morgan fingerprint density at radius 1 is 1.24 bits per heavy atom. The second-order valence-electron chi connectivity index (χ2n) is 7.03. The minimum Gasteiger partial charge on any atom is -0.381 e. The van der Waals surface area contributed by atoms with Crippen molar-refractivity contribution in [1.82, 2.24) is 10.2 Å². The third-order valence-electron chi connectivity index (χ3n) is 5.53. The van der Waals surface area contributed by atoms with E-state index in [4.69, 9.17) is 9.47 Å². The van der Waals surface area contributed by atoms with Crippen molar-refractivity contribution >= 4 is 23.2 Å². The number of ether oxygens (including phenoxy) is 2. The first kappa shape index (κ1) is 17.0. The van der Waals surface area contributed by atoms with Crippen molar-refractivity contribution in [3.05, 3.63) is 22.4 Å². The molecule has 3 aliphatic heterocycles. The third-order valence-corrected chi connectivity index (χ3v) is 6.39. The molecule has 0 aliphatic carbocycles. The summed E-state index contributed by atoms with van der Waals surface area (Å²) < 4.78 is 11.2. The summed E-state index contributed by atoms with van der Waals surface area (Å²) >= 11 is 1.45. The standard InChI is InChI=1S/C18H24N2O4S/c21-17(19-10-12-3-6-23-7-4-12)13-11-20(14-5-8-24-16(13)14)18(22)15-2-1-9-25-15/h1-2,9,12-14,16H,3-8,10-11H2,(H,19,21)/t13-,14-,16-/m1/s1. The van der Waals surface area contributed by atoms with Crippen LogP contribution in [0.4, 0.5) is 0 Å². The van der Waals surface area contributed by atoms with Gasteiger partial charge in [-0.2, -0.15) is 0 Å². The molecule has 6 nitrogen and oxygen atoms in total. The number of amides is 2. The SMILES string of the molecule is O=C(NCC1CCOCC1)[C@@H]1CN(C(=O)c2cccs2)[C@@H]2CCO[C@@H]21. The molecular weight excluding hydrogens is 340 g/mol. The molecule has 0 aromatic carbocycles. The van der Waals surface area contributed by atoms with Crippen molar-refractivity contribution in [2.24, 2.45) is 11.8 Å². The molecule has 4 rings (SSSR count). The zero-order valence-electron chi connectivity index (χ0n) is 14.2. The largest absolute Gasteiger partial charge is 0.381 e. The van der Waals surface area contributed by atoms with Gasteiger partial charge in [-0.25, -0.2) is 0 Å². The van der Waals surface area contributed by atoms with Gasteiger partial charge in [-0.1, -0.05) is 6.07 Å². The Bertz CT molecular complexity index is 615.